The SMILES string of the molecule is CCOCOc1ccc2cc(C=O)ccc2c1C. The molecule has 2 aromatic carbocycles. The predicted molar refractivity (Wildman–Crippen MR) is 71.2 cm³/mol. The Bertz CT molecular complexity index is 561. The van der Waals surface area contributed by atoms with Gasteiger partial charge in [0.25, 0.3) is 0 Å². The third-order valence-electron chi connectivity index (χ3n) is 2.90. The van der Waals surface area contributed by atoms with Crippen LogP contribution in [0.2, 0.25) is 0 Å². The fourth-order valence-electron chi connectivity index (χ4n) is 1.90. The van der Waals surface area contributed by atoms with E-state index in [1.165, 1.54) is 0 Å². The van der Waals surface area contributed by atoms with Crippen LogP contribution in [0.3, 0.4) is 0 Å². The lowest BCUT2D eigenvalue weighted by atomic mass is 10.0. The monoisotopic (exact) mass is 244 g/mol. The molecule has 0 unspecified atom stereocenters. The highest BCUT2D eigenvalue weighted by Gasteiger charge is 2.05. The van der Waals surface area contributed by atoms with Crippen LogP contribution in [0.15, 0.2) is 30.3 Å². The first-order valence-corrected chi connectivity index (χ1v) is 5.95. The van der Waals surface area contributed by atoms with E-state index in [-0.39, 0.29) is 6.79 Å². The molecule has 18 heavy (non-hydrogen) atoms. The van der Waals surface area contributed by atoms with Gasteiger partial charge in [-0.2, -0.15) is 0 Å². The number of rotatable bonds is 5. The lowest BCUT2D eigenvalue weighted by Crippen LogP contribution is -2.03. The summed E-state index contributed by atoms with van der Waals surface area (Å²) in [6.45, 7) is 4.83. The number of aryl methyl sites for hydroxylation is 1. The van der Waals surface area contributed by atoms with Gasteiger partial charge in [-0.25, -0.2) is 0 Å². The summed E-state index contributed by atoms with van der Waals surface area (Å²) in [6, 6.07) is 9.50. The zero-order chi connectivity index (χ0) is 13.0. The van der Waals surface area contributed by atoms with Crippen molar-refractivity contribution in [1.29, 1.82) is 0 Å². The molecule has 2 aromatic rings. The molecule has 0 aliphatic heterocycles. The van der Waals surface area contributed by atoms with Gasteiger partial charge in [0.2, 0.25) is 0 Å². The summed E-state index contributed by atoms with van der Waals surface area (Å²) in [6.07, 6.45) is 0.855. The van der Waals surface area contributed by atoms with Crippen molar-refractivity contribution >= 4 is 17.1 Å². The summed E-state index contributed by atoms with van der Waals surface area (Å²) in [7, 11) is 0. The Morgan fingerprint density at radius 1 is 1.22 bits per heavy atom. The molecular weight excluding hydrogens is 228 g/mol. The van der Waals surface area contributed by atoms with Crippen LogP contribution in [0.25, 0.3) is 10.8 Å². The quantitative estimate of drug-likeness (QED) is 0.460. The maximum Gasteiger partial charge on any atom is 0.189 e. The highest BCUT2D eigenvalue weighted by molar-refractivity contribution is 5.92. The van der Waals surface area contributed by atoms with Gasteiger partial charge in [0, 0.05) is 12.2 Å². The average molecular weight is 244 g/mol. The van der Waals surface area contributed by atoms with Crippen LogP contribution in [0, 0.1) is 6.92 Å². The number of hydrogen-bond acceptors (Lipinski definition) is 3. The predicted octanol–water partition coefficient (Wildman–Crippen LogP) is 3.33. The van der Waals surface area contributed by atoms with Crippen molar-refractivity contribution in [3.63, 3.8) is 0 Å². The van der Waals surface area contributed by atoms with Gasteiger partial charge in [-0.15, -0.1) is 0 Å². The number of carbonyl (C=O) groups is 1. The standard InChI is InChI=1S/C15H16O3/c1-3-17-10-18-15-7-5-13-8-12(9-16)4-6-14(13)11(15)2/h4-9H,3,10H2,1-2H3. The fraction of sp³-hybridized carbons (Fsp3) is 0.267. The van der Waals surface area contributed by atoms with Gasteiger partial charge in [-0.1, -0.05) is 18.2 Å². The molecule has 0 bridgehead atoms. The first-order chi connectivity index (χ1) is 8.76. The number of hydrogen-bond donors (Lipinski definition) is 0. The summed E-state index contributed by atoms with van der Waals surface area (Å²) in [5.41, 5.74) is 1.74. The molecule has 0 aromatic heterocycles. The Morgan fingerprint density at radius 2 is 2.06 bits per heavy atom. The van der Waals surface area contributed by atoms with Gasteiger partial charge < -0.3 is 9.47 Å². The Morgan fingerprint density at radius 3 is 2.78 bits per heavy atom. The molecule has 0 spiro atoms. The van der Waals surface area contributed by atoms with E-state index in [9.17, 15) is 4.79 Å². The van der Waals surface area contributed by atoms with E-state index in [0.717, 1.165) is 28.4 Å². The van der Waals surface area contributed by atoms with Crippen LogP contribution in [0.5, 0.6) is 5.75 Å². The minimum Gasteiger partial charge on any atom is -0.467 e. The van der Waals surface area contributed by atoms with Crippen molar-refractivity contribution < 1.29 is 14.3 Å². The molecule has 0 saturated carbocycles. The van der Waals surface area contributed by atoms with E-state index in [1.54, 1.807) is 0 Å². The summed E-state index contributed by atoms with van der Waals surface area (Å²) in [5.74, 6) is 0.815. The van der Waals surface area contributed by atoms with Gasteiger partial charge in [0.05, 0.1) is 0 Å². The molecule has 2 rings (SSSR count). The zero-order valence-corrected chi connectivity index (χ0v) is 10.6. The molecule has 0 radical (unpaired) electrons. The Kier molecular flexibility index (Phi) is 3.95. The van der Waals surface area contributed by atoms with E-state index in [0.29, 0.717) is 12.2 Å². The average Bonchev–Trinajstić information content (AvgIpc) is 2.41. The van der Waals surface area contributed by atoms with Crippen molar-refractivity contribution in [3.05, 3.63) is 41.5 Å². The number of aldehydes is 1. The van der Waals surface area contributed by atoms with E-state index < -0.39 is 0 Å². The summed E-state index contributed by atoms with van der Waals surface area (Å²) in [4.78, 5) is 10.7. The molecule has 3 nitrogen and oxygen atoms in total. The van der Waals surface area contributed by atoms with E-state index in [2.05, 4.69) is 0 Å². The molecule has 0 aliphatic carbocycles. The summed E-state index contributed by atoms with van der Waals surface area (Å²) < 4.78 is 10.7. The number of carbonyl (C=O) groups excluding carboxylic acids is 1. The van der Waals surface area contributed by atoms with Gasteiger partial charge in [0.15, 0.2) is 6.79 Å². The first kappa shape index (κ1) is 12.6. The second-order valence-corrected chi connectivity index (χ2v) is 4.04. The van der Waals surface area contributed by atoms with Crippen LogP contribution >= 0.6 is 0 Å². The third-order valence-corrected chi connectivity index (χ3v) is 2.90. The molecule has 3 heteroatoms. The number of benzene rings is 2. The molecule has 0 aliphatic rings. The molecule has 0 N–H and O–H groups in total. The second-order valence-electron chi connectivity index (χ2n) is 4.04. The summed E-state index contributed by atoms with van der Waals surface area (Å²) >= 11 is 0. The number of ether oxygens (including phenoxy) is 2. The van der Waals surface area contributed by atoms with Crippen LogP contribution in [-0.2, 0) is 4.74 Å². The molecule has 0 amide bonds. The molecule has 94 valence electrons. The smallest absolute Gasteiger partial charge is 0.189 e. The zero-order valence-electron chi connectivity index (χ0n) is 10.6. The van der Waals surface area contributed by atoms with Crippen molar-refractivity contribution in [2.24, 2.45) is 0 Å². The Labute approximate surface area is 106 Å². The molecule has 0 heterocycles. The van der Waals surface area contributed by atoms with E-state index in [1.807, 2.05) is 44.2 Å². The van der Waals surface area contributed by atoms with Crippen LogP contribution in [0.1, 0.15) is 22.8 Å². The van der Waals surface area contributed by atoms with Crippen molar-refractivity contribution in [1.82, 2.24) is 0 Å². The van der Waals surface area contributed by atoms with E-state index in [4.69, 9.17) is 9.47 Å². The lowest BCUT2D eigenvalue weighted by Gasteiger charge is -2.11. The summed E-state index contributed by atoms with van der Waals surface area (Å²) in [5, 5.41) is 2.13. The third kappa shape index (κ3) is 2.51. The van der Waals surface area contributed by atoms with Gasteiger partial charge in [0.1, 0.15) is 12.0 Å². The van der Waals surface area contributed by atoms with Gasteiger partial charge >= 0.3 is 0 Å². The first-order valence-electron chi connectivity index (χ1n) is 5.95. The van der Waals surface area contributed by atoms with Crippen molar-refractivity contribution in [2.75, 3.05) is 13.4 Å². The molecular formula is C15H16O3. The molecule has 0 fully saturated rings. The second kappa shape index (κ2) is 5.65. The Hall–Kier alpha value is -1.87. The highest BCUT2D eigenvalue weighted by Crippen LogP contribution is 2.27. The lowest BCUT2D eigenvalue weighted by molar-refractivity contribution is 0.0221. The number of fused-ring (bicyclic) bond motifs is 1. The van der Waals surface area contributed by atoms with Crippen molar-refractivity contribution in [3.8, 4) is 5.75 Å². The normalized spacial score (nSPS) is 10.6. The van der Waals surface area contributed by atoms with Crippen LogP contribution in [0.4, 0.5) is 0 Å². The maximum atomic E-state index is 10.7. The largest absolute Gasteiger partial charge is 0.467 e. The molecule has 0 saturated heterocycles. The highest BCUT2D eigenvalue weighted by atomic mass is 16.7. The van der Waals surface area contributed by atoms with E-state index >= 15 is 0 Å². The van der Waals surface area contributed by atoms with Gasteiger partial charge in [-0.05, 0) is 42.3 Å². The van der Waals surface area contributed by atoms with Gasteiger partial charge in [-0.3, -0.25) is 4.79 Å². The van der Waals surface area contributed by atoms with Crippen LogP contribution < -0.4 is 4.74 Å². The molecule has 0 atom stereocenters. The topological polar surface area (TPSA) is 35.5 Å². The maximum absolute atomic E-state index is 10.7. The fourth-order valence-corrected chi connectivity index (χ4v) is 1.90. The minimum atomic E-state index is 0.259. The van der Waals surface area contributed by atoms with Crippen LogP contribution in [-0.4, -0.2) is 19.7 Å². The van der Waals surface area contributed by atoms with Crippen molar-refractivity contribution in [2.45, 2.75) is 13.8 Å². The minimum absolute atomic E-state index is 0.259. The Balaban J connectivity index is 2.35.